The van der Waals surface area contributed by atoms with E-state index in [1.807, 2.05) is 0 Å². The highest BCUT2D eigenvalue weighted by Crippen LogP contribution is 2.19. The topological polar surface area (TPSA) is 80.3 Å². The van der Waals surface area contributed by atoms with Gasteiger partial charge in [-0.25, -0.2) is 25.9 Å². The van der Waals surface area contributed by atoms with Crippen molar-refractivity contribution < 1.29 is 21.2 Å². The Hall–Kier alpha value is -0.990. The molecular weight excluding hydrogens is 293 g/mol. The van der Waals surface area contributed by atoms with E-state index >= 15 is 0 Å². The highest BCUT2D eigenvalue weighted by Gasteiger charge is 2.31. The highest BCUT2D eigenvalue weighted by atomic mass is 32.2. The fraction of sp³-hybridized carbons (Fsp3) is 0.455. The quantitative estimate of drug-likeness (QED) is 0.887. The van der Waals surface area contributed by atoms with Crippen LogP contribution in [0.15, 0.2) is 23.1 Å². The van der Waals surface area contributed by atoms with E-state index in [1.54, 1.807) is 6.92 Å². The molecule has 5 nitrogen and oxygen atoms in total. The summed E-state index contributed by atoms with van der Waals surface area (Å²) in [5, 5.41) is 0. The minimum atomic E-state index is -3.90. The first-order chi connectivity index (χ1) is 8.70. The van der Waals surface area contributed by atoms with Crippen LogP contribution in [0, 0.1) is 12.7 Å². The molecule has 1 atom stereocenters. The van der Waals surface area contributed by atoms with Crippen molar-refractivity contribution in [3.05, 3.63) is 29.6 Å². The molecule has 0 aliphatic carbocycles. The third-order valence-electron chi connectivity index (χ3n) is 2.99. The predicted molar refractivity (Wildman–Crippen MR) is 68.5 cm³/mol. The minimum Gasteiger partial charge on any atom is -0.229 e. The van der Waals surface area contributed by atoms with E-state index in [9.17, 15) is 21.2 Å². The lowest BCUT2D eigenvalue weighted by atomic mass is 10.2. The van der Waals surface area contributed by atoms with Gasteiger partial charge in [0, 0.05) is 6.04 Å². The number of rotatable bonds is 3. The second-order valence-corrected chi connectivity index (χ2v) is 8.54. The SMILES string of the molecule is Cc1ccc(F)cc1S(=O)(=O)NC1CCS(=O)(=O)C1. The molecule has 106 valence electrons. The predicted octanol–water partition coefficient (Wildman–Crippen LogP) is 0.600. The van der Waals surface area contributed by atoms with Crippen molar-refractivity contribution in [1.29, 1.82) is 0 Å². The van der Waals surface area contributed by atoms with Crippen LogP contribution >= 0.6 is 0 Å². The number of benzene rings is 1. The van der Waals surface area contributed by atoms with E-state index in [0.717, 1.165) is 6.07 Å². The number of sulfone groups is 1. The summed E-state index contributed by atoms with van der Waals surface area (Å²) in [6.45, 7) is 1.55. The van der Waals surface area contributed by atoms with E-state index in [0.29, 0.717) is 5.56 Å². The van der Waals surface area contributed by atoms with Gasteiger partial charge < -0.3 is 0 Å². The van der Waals surface area contributed by atoms with E-state index in [1.165, 1.54) is 12.1 Å². The van der Waals surface area contributed by atoms with Crippen LogP contribution in [-0.4, -0.2) is 34.4 Å². The van der Waals surface area contributed by atoms with Crippen LogP contribution in [0.25, 0.3) is 0 Å². The van der Waals surface area contributed by atoms with Crippen molar-refractivity contribution in [1.82, 2.24) is 4.72 Å². The zero-order chi connectivity index (χ0) is 14.3. The summed E-state index contributed by atoms with van der Waals surface area (Å²) in [5.74, 6) is -0.881. The van der Waals surface area contributed by atoms with Crippen molar-refractivity contribution >= 4 is 19.9 Å². The van der Waals surface area contributed by atoms with Gasteiger partial charge in [-0.2, -0.15) is 0 Å². The molecule has 8 heteroatoms. The molecule has 1 saturated heterocycles. The summed E-state index contributed by atoms with van der Waals surface area (Å²) in [5.41, 5.74) is 0.412. The maximum atomic E-state index is 13.1. The summed E-state index contributed by atoms with van der Waals surface area (Å²) in [6.07, 6.45) is 0.246. The van der Waals surface area contributed by atoms with Gasteiger partial charge in [0.05, 0.1) is 16.4 Å². The Morgan fingerprint density at radius 1 is 1.37 bits per heavy atom. The molecule has 2 rings (SSSR count). The van der Waals surface area contributed by atoms with Gasteiger partial charge in [-0.05, 0) is 31.0 Å². The Labute approximate surface area is 111 Å². The molecule has 1 unspecified atom stereocenters. The molecule has 19 heavy (non-hydrogen) atoms. The standard InChI is InChI=1S/C11H14FNO4S2/c1-8-2-3-9(12)6-11(8)19(16,17)13-10-4-5-18(14,15)7-10/h2-3,6,10,13H,4-5,7H2,1H3. The molecule has 0 amide bonds. The molecule has 1 aliphatic rings. The lowest BCUT2D eigenvalue weighted by Gasteiger charge is -2.13. The van der Waals surface area contributed by atoms with Crippen LogP contribution < -0.4 is 4.72 Å². The summed E-state index contributed by atoms with van der Waals surface area (Å²) in [4.78, 5) is -0.156. The summed E-state index contributed by atoms with van der Waals surface area (Å²) < 4.78 is 62.2. The fourth-order valence-corrected chi connectivity index (χ4v) is 5.34. The highest BCUT2D eigenvalue weighted by molar-refractivity contribution is 7.92. The molecule has 0 bridgehead atoms. The van der Waals surface area contributed by atoms with Crippen molar-refractivity contribution in [2.75, 3.05) is 11.5 Å². The summed E-state index contributed by atoms with van der Waals surface area (Å²) in [6, 6.07) is 2.84. The monoisotopic (exact) mass is 307 g/mol. The van der Waals surface area contributed by atoms with Crippen LogP contribution in [0.5, 0.6) is 0 Å². The Bertz CT molecular complexity index is 697. The zero-order valence-electron chi connectivity index (χ0n) is 10.3. The van der Waals surface area contributed by atoms with Gasteiger partial charge >= 0.3 is 0 Å². The van der Waals surface area contributed by atoms with Gasteiger partial charge in [0.1, 0.15) is 5.82 Å². The largest absolute Gasteiger partial charge is 0.241 e. The zero-order valence-corrected chi connectivity index (χ0v) is 11.9. The normalized spacial score (nSPS) is 22.5. The number of sulfonamides is 1. The number of hydrogen-bond acceptors (Lipinski definition) is 4. The fourth-order valence-electron chi connectivity index (χ4n) is 2.03. The Balaban J connectivity index is 2.26. The van der Waals surface area contributed by atoms with E-state index in [4.69, 9.17) is 0 Å². The van der Waals surface area contributed by atoms with Crippen molar-refractivity contribution in [2.45, 2.75) is 24.3 Å². The molecule has 0 saturated carbocycles. The molecule has 0 spiro atoms. The Morgan fingerprint density at radius 3 is 2.63 bits per heavy atom. The minimum absolute atomic E-state index is 0.0255. The van der Waals surface area contributed by atoms with Crippen LogP contribution in [-0.2, 0) is 19.9 Å². The number of nitrogens with one attached hydrogen (secondary N) is 1. The number of hydrogen-bond donors (Lipinski definition) is 1. The van der Waals surface area contributed by atoms with Crippen molar-refractivity contribution in [3.63, 3.8) is 0 Å². The molecule has 1 fully saturated rings. The smallest absolute Gasteiger partial charge is 0.229 e. The molecule has 0 radical (unpaired) electrons. The van der Waals surface area contributed by atoms with E-state index in [2.05, 4.69) is 4.72 Å². The summed E-state index contributed by atoms with van der Waals surface area (Å²) in [7, 11) is -7.07. The van der Waals surface area contributed by atoms with Gasteiger partial charge in [0.2, 0.25) is 10.0 Å². The molecule has 1 aromatic rings. The van der Waals surface area contributed by atoms with Crippen molar-refractivity contribution in [2.24, 2.45) is 0 Å². The first-order valence-electron chi connectivity index (χ1n) is 5.68. The molecule has 1 aromatic carbocycles. The van der Waals surface area contributed by atoms with Gasteiger partial charge in [0.15, 0.2) is 9.84 Å². The van der Waals surface area contributed by atoms with Crippen LogP contribution in [0.4, 0.5) is 4.39 Å². The molecule has 1 aliphatic heterocycles. The van der Waals surface area contributed by atoms with Gasteiger partial charge in [-0.3, -0.25) is 0 Å². The lowest BCUT2D eigenvalue weighted by Crippen LogP contribution is -2.35. The average Bonchev–Trinajstić information content (AvgIpc) is 2.60. The van der Waals surface area contributed by atoms with Gasteiger partial charge in [-0.15, -0.1) is 0 Å². The van der Waals surface area contributed by atoms with Gasteiger partial charge in [0.25, 0.3) is 0 Å². The first-order valence-corrected chi connectivity index (χ1v) is 8.99. The maximum Gasteiger partial charge on any atom is 0.241 e. The third kappa shape index (κ3) is 3.31. The average molecular weight is 307 g/mol. The van der Waals surface area contributed by atoms with Crippen LogP contribution in [0.3, 0.4) is 0 Å². The molecule has 1 N–H and O–H groups in total. The number of halogens is 1. The first kappa shape index (κ1) is 14.4. The number of aryl methyl sites for hydroxylation is 1. The van der Waals surface area contributed by atoms with Crippen LogP contribution in [0.2, 0.25) is 0 Å². The Morgan fingerprint density at radius 2 is 2.05 bits per heavy atom. The molecular formula is C11H14FNO4S2. The van der Waals surface area contributed by atoms with Gasteiger partial charge in [-0.1, -0.05) is 6.07 Å². The second kappa shape index (κ2) is 4.84. The molecule has 1 heterocycles. The van der Waals surface area contributed by atoms with Crippen LogP contribution in [0.1, 0.15) is 12.0 Å². The van der Waals surface area contributed by atoms with Crippen molar-refractivity contribution in [3.8, 4) is 0 Å². The second-order valence-electron chi connectivity index (χ2n) is 4.63. The third-order valence-corrected chi connectivity index (χ3v) is 6.42. The van der Waals surface area contributed by atoms with E-state index in [-0.39, 0.29) is 22.8 Å². The Kier molecular flexibility index (Phi) is 3.67. The summed E-state index contributed by atoms with van der Waals surface area (Å²) >= 11 is 0. The maximum absolute atomic E-state index is 13.1. The lowest BCUT2D eigenvalue weighted by molar-refractivity contribution is 0.559. The molecule has 0 aromatic heterocycles. The van der Waals surface area contributed by atoms with E-state index < -0.39 is 31.7 Å².